The standard InChI is InChI=1S/C16H22N4O/c1-13-11-19(12-14(2)20(13)10-7-17)16(21)4-3-15-5-8-18-9-6-15/h5-6,8-9,13-14H,3-4,10-12H2,1-2H3. The third-order valence-corrected chi connectivity index (χ3v) is 4.08. The molecule has 1 aliphatic rings. The van der Waals surface area contributed by atoms with Crippen molar-refractivity contribution < 1.29 is 4.79 Å². The highest BCUT2D eigenvalue weighted by molar-refractivity contribution is 5.76. The van der Waals surface area contributed by atoms with Gasteiger partial charge in [-0.25, -0.2) is 0 Å². The number of carbonyl (C=O) groups excluding carboxylic acids is 1. The van der Waals surface area contributed by atoms with E-state index in [1.54, 1.807) is 12.4 Å². The zero-order chi connectivity index (χ0) is 15.2. The molecule has 2 heterocycles. The molecule has 0 aliphatic carbocycles. The van der Waals surface area contributed by atoms with Gasteiger partial charge >= 0.3 is 0 Å². The second kappa shape index (κ2) is 7.19. The number of amides is 1. The molecule has 0 N–H and O–H groups in total. The van der Waals surface area contributed by atoms with E-state index in [0.717, 1.165) is 12.0 Å². The van der Waals surface area contributed by atoms with Crippen LogP contribution in [0.1, 0.15) is 25.8 Å². The van der Waals surface area contributed by atoms with Crippen molar-refractivity contribution in [3.63, 3.8) is 0 Å². The Kier molecular flexibility index (Phi) is 5.29. The third-order valence-electron chi connectivity index (χ3n) is 4.08. The van der Waals surface area contributed by atoms with E-state index in [4.69, 9.17) is 5.26 Å². The lowest BCUT2D eigenvalue weighted by Gasteiger charge is -2.43. The number of piperazine rings is 1. The summed E-state index contributed by atoms with van der Waals surface area (Å²) in [6.45, 7) is 6.01. The number of hydrogen-bond acceptors (Lipinski definition) is 4. The maximum absolute atomic E-state index is 12.4. The molecule has 1 aliphatic heterocycles. The topological polar surface area (TPSA) is 60.2 Å². The van der Waals surface area contributed by atoms with E-state index in [-0.39, 0.29) is 18.0 Å². The Hall–Kier alpha value is -1.93. The lowest BCUT2D eigenvalue weighted by Crippen LogP contribution is -2.58. The lowest BCUT2D eigenvalue weighted by atomic mass is 10.1. The first-order valence-corrected chi connectivity index (χ1v) is 7.41. The monoisotopic (exact) mass is 286 g/mol. The molecule has 1 saturated heterocycles. The van der Waals surface area contributed by atoms with Crippen LogP contribution in [0.3, 0.4) is 0 Å². The van der Waals surface area contributed by atoms with Gasteiger partial charge in [0.1, 0.15) is 0 Å². The molecule has 5 heteroatoms. The fourth-order valence-corrected chi connectivity index (χ4v) is 2.91. The first kappa shape index (κ1) is 15.5. The molecule has 2 atom stereocenters. The maximum Gasteiger partial charge on any atom is 0.223 e. The Bertz CT molecular complexity index is 499. The summed E-state index contributed by atoms with van der Waals surface area (Å²) in [5.74, 6) is 0.196. The molecule has 5 nitrogen and oxygen atoms in total. The van der Waals surface area contributed by atoms with Crippen molar-refractivity contribution in [1.82, 2.24) is 14.8 Å². The van der Waals surface area contributed by atoms with Crippen LogP contribution >= 0.6 is 0 Å². The summed E-state index contributed by atoms with van der Waals surface area (Å²) in [6.07, 6.45) is 4.79. The molecule has 0 spiro atoms. The van der Waals surface area contributed by atoms with Crippen LogP contribution in [-0.2, 0) is 11.2 Å². The van der Waals surface area contributed by atoms with E-state index in [0.29, 0.717) is 26.1 Å². The molecule has 21 heavy (non-hydrogen) atoms. The Morgan fingerprint density at radius 3 is 2.52 bits per heavy atom. The SMILES string of the molecule is CC1CN(C(=O)CCc2ccncc2)CC(C)N1CC#N. The average molecular weight is 286 g/mol. The fourth-order valence-electron chi connectivity index (χ4n) is 2.91. The molecule has 2 unspecified atom stereocenters. The van der Waals surface area contributed by atoms with Crippen molar-refractivity contribution in [3.05, 3.63) is 30.1 Å². The lowest BCUT2D eigenvalue weighted by molar-refractivity contribution is -0.135. The summed E-state index contributed by atoms with van der Waals surface area (Å²) >= 11 is 0. The first-order chi connectivity index (χ1) is 10.1. The second-order valence-corrected chi connectivity index (χ2v) is 5.68. The number of rotatable bonds is 4. The minimum absolute atomic E-state index is 0.196. The molecule has 1 fully saturated rings. The van der Waals surface area contributed by atoms with E-state index in [9.17, 15) is 4.79 Å². The van der Waals surface area contributed by atoms with Gasteiger partial charge in [-0.15, -0.1) is 0 Å². The largest absolute Gasteiger partial charge is 0.340 e. The summed E-state index contributed by atoms with van der Waals surface area (Å²) in [5, 5.41) is 8.86. The molecule has 1 aromatic heterocycles. The number of carbonyl (C=O) groups is 1. The number of hydrogen-bond donors (Lipinski definition) is 0. The van der Waals surface area contributed by atoms with Crippen LogP contribution < -0.4 is 0 Å². The van der Waals surface area contributed by atoms with Crippen molar-refractivity contribution in [2.24, 2.45) is 0 Å². The first-order valence-electron chi connectivity index (χ1n) is 7.41. The maximum atomic E-state index is 12.4. The molecule has 0 saturated carbocycles. The smallest absolute Gasteiger partial charge is 0.223 e. The Morgan fingerprint density at radius 1 is 1.33 bits per heavy atom. The fraction of sp³-hybridized carbons (Fsp3) is 0.562. The summed E-state index contributed by atoms with van der Waals surface area (Å²) in [4.78, 5) is 20.4. The molecule has 0 aromatic carbocycles. The van der Waals surface area contributed by atoms with Crippen molar-refractivity contribution in [1.29, 1.82) is 5.26 Å². The average Bonchev–Trinajstić information content (AvgIpc) is 2.49. The van der Waals surface area contributed by atoms with Gasteiger partial charge in [0.2, 0.25) is 5.91 Å². The van der Waals surface area contributed by atoms with Crippen LogP contribution in [0.2, 0.25) is 0 Å². The van der Waals surface area contributed by atoms with Gasteiger partial charge in [0.15, 0.2) is 0 Å². The van der Waals surface area contributed by atoms with Crippen LogP contribution in [-0.4, -0.2) is 52.4 Å². The predicted molar refractivity (Wildman–Crippen MR) is 80.4 cm³/mol. The summed E-state index contributed by atoms with van der Waals surface area (Å²) in [6, 6.07) is 6.57. The van der Waals surface area contributed by atoms with Gasteiger partial charge in [0, 0.05) is 44.0 Å². The molecule has 1 amide bonds. The van der Waals surface area contributed by atoms with Crippen molar-refractivity contribution in [2.75, 3.05) is 19.6 Å². The molecular formula is C16H22N4O. The van der Waals surface area contributed by atoms with Gasteiger partial charge in [-0.3, -0.25) is 14.7 Å². The van der Waals surface area contributed by atoms with Crippen LogP contribution in [0.25, 0.3) is 0 Å². The molecule has 0 radical (unpaired) electrons. The summed E-state index contributed by atoms with van der Waals surface area (Å²) in [5.41, 5.74) is 1.14. The number of nitrogens with zero attached hydrogens (tertiary/aromatic N) is 4. The van der Waals surface area contributed by atoms with Gasteiger partial charge in [-0.05, 0) is 38.0 Å². The number of pyridine rings is 1. The highest BCUT2D eigenvalue weighted by Gasteiger charge is 2.31. The second-order valence-electron chi connectivity index (χ2n) is 5.68. The van der Waals surface area contributed by atoms with E-state index >= 15 is 0 Å². The highest BCUT2D eigenvalue weighted by Crippen LogP contribution is 2.16. The normalized spacial score (nSPS) is 22.8. The molecule has 112 valence electrons. The zero-order valence-electron chi connectivity index (χ0n) is 12.7. The van der Waals surface area contributed by atoms with Crippen molar-refractivity contribution in [2.45, 2.75) is 38.8 Å². The molecule has 2 rings (SSSR count). The minimum atomic E-state index is 0.196. The molecular weight excluding hydrogens is 264 g/mol. The Balaban J connectivity index is 1.88. The van der Waals surface area contributed by atoms with Crippen molar-refractivity contribution in [3.8, 4) is 6.07 Å². The van der Waals surface area contributed by atoms with E-state index in [1.165, 1.54) is 0 Å². The minimum Gasteiger partial charge on any atom is -0.340 e. The quantitative estimate of drug-likeness (QED) is 0.786. The highest BCUT2D eigenvalue weighted by atomic mass is 16.2. The van der Waals surface area contributed by atoms with Gasteiger partial charge in [-0.2, -0.15) is 5.26 Å². The van der Waals surface area contributed by atoms with Crippen LogP contribution in [0, 0.1) is 11.3 Å². The number of nitriles is 1. The number of aryl methyl sites for hydroxylation is 1. The van der Waals surface area contributed by atoms with Gasteiger partial charge < -0.3 is 4.90 Å². The van der Waals surface area contributed by atoms with Crippen LogP contribution in [0.4, 0.5) is 0 Å². The van der Waals surface area contributed by atoms with E-state index in [2.05, 4.69) is 29.8 Å². The zero-order valence-corrected chi connectivity index (χ0v) is 12.7. The third kappa shape index (κ3) is 4.02. The van der Waals surface area contributed by atoms with E-state index in [1.807, 2.05) is 17.0 Å². The summed E-state index contributed by atoms with van der Waals surface area (Å²) < 4.78 is 0. The van der Waals surface area contributed by atoms with Crippen molar-refractivity contribution >= 4 is 5.91 Å². The van der Waals surface area contributed by atoms with Gasteiger partial charge in [0.25, 0.3) is 0 Å². The summed E-state index contributed by atoms with van der Waals surface area (Å²) in [7, 11) is 0. The number of aromatic nitrogens is 1. The van der Waals surface area contributed by atoms with Crippen LogP contribution in [0.15, 0.2) is 24.5 Å². The van der Waals surface area contributed by atoms with Crippen LogP contribution in [0.5, 0.6) is 0 Å². The van der Waals surface area contributed by atoms with Gasteiger partial charge in [0.05, 0.1) is 12.6 Å². The van der Waals surface area contributed by atoms with E-state index < -0.39 is 0 Å². The Labute approximate surface area is 126 Å². The van der Waals surface area contributed by atoms with Gasteiger partial charge in [-0.1, -0.05) is 0 Å². The molecule has 0 bridgehead atoms. The molecule has 1 aromatic rings. The Morgan fingerprint density at radius 2 is 1.95 bits per heavy atom. The predicted octanol–water partition coefficient (Wildman–Crippen LogP) is 1.46.